The van der Waals surface area contributed by atoms with Gasteiger partial charge in [-0.25, -0.2) is 0 Å². The number of rotatable bonds is 3. The van der Waals surface area contributed by atoms with Crippen LogP contribution in [0.25, 0.3) is 0 Å². The third kappa shape index (κ3) is 3.41. The summed E-state index contributed by atoms with van der Waals surface area (Å²) in [5.74, 6) is 0. The number of thiophene rings is 1. The number of aliphatic hydroxyl groups is 1. The Bertz CT molecular complexity index is 485. The van der Waals surface area contributed by atoms with E-state index >= 15 is 0 Å². The molecule has 0 spiro atoms. The van der Waals surface area contributed by atoms with Gasteiger partial charge in [0.05, 0.1) is 9.89 Å². The molecule has 1 aromatic heterocycles. The predicted molar refractivity (Wildman–Crippen MR) is 79.6 cm³/mol. The molecule has 4 heteroatoms. The lowest BCUT2D eigenvalue weighted by Gasteiger charge is -2.08. The van der Waals surface area contributed by atoms with Gasteiger partial charge in [-0.1, -0.05) is 29.8 Å². The minimum Gasteiger partial charge on any atom is -0.387 e. The summed E-state index contributed by atoms with van der Waals surface area (Å²) in [6.07, 6.45) is 0.213. The van der Waals surface area contributed by atoms with Crippen molar-refractivity contribution in [1.82, 2.24) is 0 Å². The number of halogens is 2. The van der Waals surface area contributed by atoms with Crippen molar-refractivity contribution in [1.29, 1.82) is 0 Å². The maximum absolute atomic E-state index is 10.1. The van der Waals surface area contributed by atoms with Gasteiger partial charge in [0.15, 0.2) is 0 Å². The summed E-state index contributed by atoms with van der Waals surface area (Å²) in [4.78, 5) is 0.976. The van der Waals surface area contributed by atoms with E-state index in [1.165, 1.54) is 5.56 Å². The molecule has 1 nitrogen and oxygen atoms in total. The van der Waals surface area contributed by atoms with Crippen LogP contribution in [0.5, 0.6) is 0 Å². The lowest BCUT2D eigenvalue weighted by Crippen LogP contribution is -1.99. The number of benzene rings is 1. The molecule has 0 saturated carbocycles. The molecule has 2 aromatic rings. The molecule has 1 heterocycles. The first-order chi connectivity index (χ1) is 8.06. The Balaban J connectivity index is 2.11. The highest BCUT2D eigenvalue weighted by Gasteiger charge is 2.13. The molecular weight excluding hydrogens is 364 g/mol. The summed E-state index contributed by atoms with van der Waals surface area (Å²) < 4.78 is 2.02. The Kier molecular flexibility index (Phi) is 4.42. The summed E-state index contributed by atoms with van der Waals surface area (Å²) >= 11 is 8.44. The van der Waals surface area contributed by atoms with Crippen LogP contribution in [0.4, 0.5) is 0 Å². The Morgan fingerprint density at radius 3 is 2.41 bits per heavy atom. The lowest BCUT2D eigenvalue weighted by molar-refractivity contribution is 0.182. The molecule has 0 radical (unpaired) electrons. The summed E-state index contributed by atoms with van der Waals surface area (Å²) in [6.45, 7) is 2.06. The van der Waals surface area contributed by atoms with Crippen molar-refractivity contribution in [3.63, 3.8) is 0 Å². The molecule has 90 valence electrons. The van der Waals surface area contributed by atoms with Crippen molar-refractivity contribution < 1.29 is 5.11 Å². The van der Waals surface area contributed by atoms with Gasteiger partial charge in [0.2, 0.25) is 0 Å². The van der Waals surface area contributed by atoms with E-state index in [4.69, 9.17) is 0 Å². The molecule has 2 rings (SSSR count). The van der Waals surface area contributed by atoms with Crippen LogP contribution in [-0.2, 0) is 6.42 Å². The molecule has 0 aliphatic carbocycles. The molecule has 0 bridgehead atoms. The summed E-state index contributed by atoms with van der Waals surface area (Å²) in [7, 11) is 0. The molecule has 0 saturated heterocycles. The van der Waals surface area contributed by atoms with Gasteiger partial charge in [-0.05, 0) is 50.4 Å². The highest BCUT2D eigenvalue weighted by molar-refractivity contribution is 9.13. The van der Waals surface area contributed by atoms with E-state index in [0.717, 1.165) is 18.7 Å². The smallest absolute Gasteiger partial charge is 0.0922 e. The van der Waals surface area contributed by atoms with Crippen LogP contribution in [-0.4, -0.2) is 5.11 Å². The fourth-order valence-electron chi connectivity index (χ4n) is 1.58. The third-order valence-corrected chi connectivity index (χ3v) is 5.90. The van der Waals surface area contributed by atoms with Gasteiger partial charge in [0.1, 0.15) is 0 Å². The summed E-state index contributed by atoms with van der Waals surface area (Å²) in [5, 5.41) is 10.1. The van der Waals surface area contributed by atoms with Crippen LogP contribution < -0.4 is 0 Å². The second-order valence-corrected chi connectivity index (χ2v) is 7.23. The number of aliphatic hydroxyl groups excluding tert-OH is 1. The molecule has 0 amide bonds. The largest absolute Gasteiger partial charge is 0.387 e. The van der Waals surface area contributed by atoms with Crippen LogP contribution in [0.15, 0.2) is 38.6 Å². The van der Waals surface area contributed by atoms with Crippen LogP contribution in [0.1, 0.15) is 22.1 Å². The standard InChI is InChI=1S/C13H12Br2OS/c1-8-2-4-9(5-3-8)6-11(16)12-7-10(14)13(15)17-12/h2-5,7,11,16H,6H2,1H3. The Hall–Kier alpha value is -0.160. The molecule has 17 heavy (non-hydrogen) atoms. The van der Waals surface area contributed by atoms with Crippen molar-refractivity contribution in [3.8, 4) is 0 Å². The molecule has 0 aliphatic rings. The normalized spacial score (nSPS) is 12.7. The van der Waals surface area contributed by atoms with E-state index in [1.54, 1.807) is 11.3 Å². The zero-order chi connectivity index (χ0) is 12.4. The van der Waals surface area contributed by atoms with Gasteiger partial charge in [-0.2, -0.15) is 0 Å². The molecule has 1 N–H and O–H groups in total. The molecule has 1 atom stereocenters. The maximum atomic E-state index is 10.1. The van der Waals surface area contributed by atoms with Gasteiger partial charge in [0, 0.05) is 15.8 Å². The van der Waals surface area contributed by atoms with Crippen molar-refractivity contribution in [2.45, 2.75) is 19.4 Å². The number of hydrogen-bond donors (Lipinski definition) is 1. The van der Waals surface area contributed by atoms with Gasteiger partial charge in [-0.15, -0.1) is 11.3 Å². The van der Waals surface area contributed by atoms with E-state index in [1.807, 2.05) is 6.07 Å². The molecule has 1 aromatic carbocycles. The van der Waals surface area contributed by atoms with Gasteiger partial charge >= 0.3 is 0 Å². The fraction of sp³-hybridized carbons (Fsp3) is 0.231. The average Bonchev–Trinajstić information content (AvgIpc) is 2.63. The third-order valence-electron chi connectivity index (χ3n) is 2.54. The van der Waals surface area contributed by atoms with Crippen LogP contribution >= 0.6 is 43.2 Å². The molecule has 0 fully saturated rings. The topological polar surface area (TPSA) is 20.2 Å². The Morgan fingerprint density at radius 2 is 1.88 bits per heavy atom. The monoisotopic (exact) mass is 374 g/mol. The van der Waals surface area contributed by atoms with Gasteiger partial charge in [-0.3, -0.25) is 0 Å². The van der Waals surface area contributed by atoms with Crippen molar-refractivity contribution >= 4 is 43.2 Å². The van der Waals surface area contributed by atoms with E-state index in [2.05, 4.69) is 63.0 Å². The second-order valence-electron chi connectivity index (χ2n) is 3.98. The maximum Gasteiger partial charge on any atom is 0.0922 e. The number of hydrogen-bond acceptors (Lipinski definition) is 2. The Labute approximate surface area is 122 Å². The highest BCUT2D eigenvalue weighted by Crippen LogP contribution is 2.36. The zero-order valence-electron chi connectivity index (χ0n) is 9.28. The molecular formula is C13H12Br2OS. The van der Waals surface area contributed by atoms with Gasteiger partial charge < -0.3 is 5.11 Å². The molecule has 0 aliphatic heterocycles. The van der Waals surface area contributed by atoms with E-state index in [-0.39, 0.29) is 0 Å². The minimum absolute atomic E-state index is 0.440. The van der Waals surface area contributed by atoms with E-state index in [9.17, 15) is 5.11 Å². The van der Waals surface area contributed by atoms with Crippen LogP contribution in [0.2, 0.25) is 0 Å². The van der Waals surface area contributed by atoms with Crippen LogP contribution in [0.3, 0.4) is 0 Å². The minimum atomic E-state index is -0.440. The first kappa shape index (κ1) is 13.3. The second kappa shape index (κ2) is 5.65. The van der Waals surface area contributed by atoms with Crippen molar-refractivity contribution in [2.75, 3.05) is 0 Å². The SMILES string of the molecule is Cc1ccc(CC(O)c2cc(Br)c(Br)s2)cc1. The van der Waals surface area contributed by atoms with Crippen molar-refractivity contribution in [3.05, 3.63) is 54.6 Å². The Morgan fingerprint density at radius 1 is 1.24 bits per heavy atom. The molecule has 1 unspecified atom stereocenters. The quantitative estimate of drug-likeness (QED) is 0.812. The lowest BCUT2D eigenvalue weighted by atomic mass is 10.1. The summed E-state index contributed by atoms with van der Waals surface area (Å²) in [5.41, 5.74) is 2.40. The highest BCUT2D eigenvalue weighted by atomic mass is 79.9. The van der Waals surface area contributed by atoms with Gasteiger partial charge in [0.25, 0.3) is 0 Å². The van der Waals surface area contributed by atoms with E-state index < -0.39 is 6.10 Å². The summed E-state index contributed by atoms with van der Waals surface area (Å²) in [6, 6.07) is 10.2. The average molecular weight is 376 g/mol. The first-order valence-corrected chi connectivity index (χ1v) is 7.65. The zero-order valence-corrected chi connectivity index (χ0v) is 13.3. The predicted octanol–water partition coefficient (Wildman–Crippen LogP) is 4.86. The van der Waals surface area contributed by atoms with Crippen LogP contribution in [0, 0.1) is 6.92 Å². The van der Waals surface area contributed by atoms with Crippen molar-refractivity contribution in [2.24, 2.45) is 0 Å². The number of aryl methyl sites for hydroxylation is 1. The first-order valence-electron chi connectivity index (χ1n) is 5.24. The van der Waals surface area contributed by atoms with E-state index in [0.29, 0.717) is 6.42 Å². The fourth-order valence-corrected chi connectivity index (χ4v) is 3.65.